The Hall–Kier alpha value is -2.50. The van der Waals surface area contributed by atoms with Gasteiger partial charge in [-0.25, -0.2) is 0 Å². The fourth-order valence-electron chi connectivity index (χ4n) is 1.98. The van der Waals surface area contributed by atoms with Crippen molar-refractivity contribution in [3.05, 3.63) is 60.2 Å². The molecule has 0 fully saturated rings. The molecule has 0 aromatic heterocycles. The maximum atomic E-state index is 12.7. The highest BCUT2D eigenvalue weighted by Gasteiger charge is 2.30. The van der Waals surface area contributed by atoms with Crippen molar-refractivity contribution in [3.8, 4) is 5.75 Å². The van der Waals surface area contributed by atoms with E-state index < -0.39 is 23.8 Å². The van der Waals surface area contributed by atoms with E-state index in [0.717, 1.165) is 12.1 Å². The Labute approximate surface area is 132 Å². The molecular formula is C17H16F3NO2. The quantitative estimate of drug-likeness (QED) is 0.880. The first-order valence-corrected chi connectivity index (χ1v) is 7.10. The van der Waals surface area contributed by atoms with Crippen LogP contribution in [0.4, 0.5) is 18.9 Å². The number of para-hydroxylation sites is 1. The molecule has 0 aliphatic heterocycles. The van der Waals surface area contributed by atoms with E-state index in [9.17, 15) is 18.0 Å². The van der Waals surface area contributed by atoms with Gasteiger partial charge in [0.15, 0.2) is 6.10 Å². The van der Waals surface area contributed by atoms with Crippen LogP contribution in [0.1, 0.15) is 18.9 Å². The number of nitrogens with one attached hydrogen (secondary N) is 1. The van der Waals surface area contributed by atoms with E-state index in [0.29, 0.717) is 12.2 Å². The monoisotopic (exact) mass is 323 g/mol. The van der Waals surface area contributed by atoms with Crippen LogP contribution in [0.3, 0.4) is 0 Å². The molecule has 2 aromatic rings. The number of alkyl halides is 3. The molecule has 0 saturated heterocycles. The lowest BCUT2D eigenvalue weighted by Crippen LogP contribution is -2.32. The molecule has 3 nitrogen and oxygen atoms in total. The van der Waals surface area contributed by atoms with Crippen molar-refractivity contribution in [2.45, 2.75) is 25.6 Å². The number of ether oxygens (including phenoxy) is 1. The number of carbonyl (C=O) groups is 1. The second-order valence-corrected chi connectivity index (χ2v) is 4.90. The van der Waals surface area contributed by atoms with Crippen LogP contribution in [0.5, 0.6) is 5.75 Å². The highest BCUT2D eigenvalue weighted by molar-refractivity contribution is 5.94. The van der Waals surface area contributed by atoms with Crippen molar-refractivity contribution in [1.29, 1.82) is 0 Å². The van der Waals surface area contributed by atoms with Crippen LogP contribution in [0.15, 0.2) is 54.6 Å². The molecule has 6 heteroatoms. The molecule has 0 bridgehead atoms. The predicted octanol–water partition coefficient (Wildman–Crippen LogP) is 4.50. The molecule has 2 aromatic carbocycles. The van der Waals surface area contributed by atoms with Crippen LogP contribution < -0.4 is 10.1 Å². The number of hydrogen-bond donors (Lipinski definition) is 1. The minimum atomic E-state index is -4.45. The molecule has 1 atom stereocenters. The number of halogens is 3. The topological polar surface area (TPSA) is 38.3 Å². The van der Waals surface area contributed by atoms with Crippen LogP contribution in [0.25, 0.3) is 0 Å². The molecule has 0 aliphatic rings. The fourth-order valence-corrected chi connectivity index (χ4v) is 1.98. The largest absolute Gasteiger partial charge is 0.481 e. The smallest absolute Gasteiger partial charge is 0.416 e. The standard InChI is InChI=1S/C17H16F3NO2/c1-2-15(23-14-9-4-3-5-10-14)16(22)21-13-8-6-7-12(11-13)17(18,19)20/h3-11,15H,2H2,1H3,(H,21,22)/t15-/m0/s1. The van der Waals surface area contributed by atoms with Gasteiger partial charge in [-0.05, 0) is 36.8 Å². The molecule has 0 radical (unpaired) electrons. The van der Waals surface area contributed by atoms with Gasteiger partial charge in [0, 0.05) is 5.69 Å². The van der Waals surface area contributed by atoms with Crippen LogP contribution in [-0.4, -0.2) is 12.0 Å². The Morgan fingerprint density at radius 2 is 1.83 bits per heavy atom. The highest BCUT2D eigenvalue weighted by atomic mass is 19.4. The number of rotatable bonds is 5. The SMILES string of the molecule is CC[C@H](Oc1ccccc1)C(=O)Nc1cccc(C(F)(F)F)c1. The lowest BCUT2D eigenvalue weighted by molar-refractivity contribution is -0.137. The van der Waals surface area contributed by atoms with Gasteiger partial charge in [-0.15, -0.1) is 0 Å². The molecule has 0 spiro atoms. The normalized spacial score (nSPS) is 12.5. The lowest BCUT2D eigenvalue weighted by Gasteiger charge is -2.17. The molecule has 0 saturated carbocycles. The average Bonchev–Trinajstić information content (AvgIpc) is 2.53. The summed E-state index contributed by atoms with van der Waals surface area (Å²) in [6.07, 6.45) is -4.85. The molecule has 1 amide bonds. The summed E-state index contributed by atoms with van der Waals surface area (Å²) in [6, 6.07) is 13.3. The van der Waals surface area contributed by atoms with Crippen molar-refractivity contribution < 1.29 is 22.7 Å². The summed E-state index contributed by atoms with van der Waals surface area (Å²) in [5.41, 5.74) is -0.729. The zero-order chi connectivity index (χ0) is 16.9. The molecule has 2 rings (SSSR count). The van der Waals surface area contributed by atoms with Gasteiger partial charge in [0.25, 0.3) is 5.91 Å². The van der Waals surface area contributed by atoms with Gasteiger partial charge >= 0.3 is 6.18 Å². The first kappa shape index (κ1) is 16.9. The second-order valence-electron chi connectivity index (χ2n) is 4.90. The number of carbonyl (C=O) groups excluding carboxylic acids is 1. The summed E-state index contributed by atoms with van der Waals surface area (Å²) in [5, 5.41) is 2.46. The zero-order valence-electron chi connectivity index (χ0n) is 12.4. The minimum Gasteiger partial charge on any atom is -0.481 e. The van der Waals surface area contributed by atoms with Crippen LogP contribution in [0.2, 0.25) is 0 Å². The first-order chi connectivity index (χ1) is 10.9. The second kappa shape index (κ2) is 7.17. The van der Waals surface area contributed by atoms with Crippen molar-refractivity contribution in [3.63, 3.8) is 0 Å². The van der Waals surface area contributed by atoms with Gasteiger partial charge in [0.2, 0.25) is 0 Å². The summed E-state index contributed by atoms with van der Waals surface area (Å²) >= 11 is 0. The number of anilines is 1. The summed E-state index contributed by atoms with van der Waals surface area (Å²) in [4.78, 5) is 12.2. The molecule has 122 valence electrons. The Morgan fingerprint density at radius 1 is 1.13 bits per heavy atom. The van der Waals surface area contributed by atoms with E-state index >= 15 is 0 Å². The predicted molar refractivity (Wildman–Crippen MR) is 81.2 cm³/mol. The maximum absolute atomic E-state index is 12.7. The minimum absolute atomic E-state index is 0.0833. The average molecular weight is 323 g/mol. The van der Waals surface area contributed by atoms with Gasteiger partial charge in [-0.3, -0.25) is 4.79 Å². The number of amides is 1. The maximum Gasteiger partial charge on any atom is 0.416 e. The van der Waals surface area contributed by atoms with Crippen LogP contribution in [-0.2, 0) is 11.0 Å². The third-order valence-electron chi connectivity index (χ3n) is 3.14. The van der Waals surface area contributed by atoms with Crippen LogP contribution >= 0.6 is 0 Å². The van der Waals surface area contributed by atoms with Gasteiger partial charge in [-0.2, -0.15) is 13.2 Å². The summed E-state index contributed by atoms with van der Waals surface area (Å²) in [7, 11) is 0. The Kier molecular flexibility index (Phi) is 5.26. The van der Waals surface area contributed by atoms with Crippen LogP contribution in [0, 0.1) is 0 Å². The molecule has 1 N–H and O–H groups in total. The van der Waals surface area contributed by atoms with E-state index in [-0.39, 0.29) is 5.69 Å². The van der Waals surface area contributed by atoms with Gasteiger partial charge in [-0.1, -0.05) is 31.2 Å². The summed E-state index contributed by atoms with van der Waals surface area (Å²) in [6.45, 7) is 1.76. The van der Waals surface area contributed by atoms with E-state index in [2.05, 4.69) is 5.32 Å². The van der Waals surface area contributed by atoms with Crippen molar-refractivity contribution in [2.75, 3.05) is 5.32 Å². The number of hydrogen-bond acceptors (Lipinski definition) is 2. The number of benzene rings is 2. The molecular weight excluding hydrogens is 307 g/mol. The lowest BCUT2D eigenvalue weighted by atomic mass is 10.2. The van der Waals surface area contributed by atoms with Gasteiger partial charge in [0.1, 0.15) is 5.75 Å². The van der Waals surface area contributed by atoms with E-state index in [4.69, 9.17) is 4.74 Å². The van der Waals surface area contributed by atoms with E-state index in [1.54, 1.807) is 31.2 Å². The molecule has 0 heterocycles. The summed E-state index contributed by atoms with van der Waals surface area (Å²) < 4.78 is 43.6. The Balaban J connectivity index is 2.08. The third-order valence-corrected chi connectivity index (χ3v) is 3.14. The van der Waals surface area contributed by atoms with E-state index in [1.807, 2.05) is 6.07 Å². The molecule has 0 unspecified atom stereocenters. The van der Waals surface area contributed by atoms with Gasteiger partial charge < -0.3 is 10.1 Å². The van der Waals surface area contributed by atoms with E-state index in [1.165, 1.54) is 12.1 Å². The van der Waals surface area contributed by atoms with Crippen molar-refractivity contribution >= 4 is 11.6 Å². The third kappa shape index (κ3) is 4.74. The van der Waals surface area contributed by atoms with Crippen molar-refractivity contribution in [2.24, 2.45) is 0 Å². The molecule has 0 aliphatic carbocycles. The van der Waals surface area contributed by atoms with Gasteiger partial charge in [0.05, 0.1) is 5.56 Å². The Bertz CT molecular complexity index is 656. The highest BCUT2D eigenvalue weighted by Crippen LogP contribution is 2.30. The Morgan fingerprint density at radius 3 is 2.43 bits per heavy atom. The fraction of sp³-hybridized carbons (Fsp3) is 0.235. The zero-order valence-corrected chi connectivity index (χ0v) is 12.4. The molecule has 23 heavy (non-hydrogen) atoms. The first-order valence-electron chi connectivity index (χ1n) is 7.10. The van der Waals surface area contributed by atoms with Crippen molar-refractivity contribution in [1.82, 2.24) is 0 Å². The summed E-state index contributed by atoms with van der Waals surface area (Å²) in [5.74, 6) is 0.0363.